The molecule has 0 aliphatic heterocycles. The van der Waals surface area contributed by atoms with Gasteiger partial charge in [0.1, 0.15) is 0 Å². The van der Waals surface area contributed by atoms with E-state index in [-0.39, 0.29) is 0 Å². The van der Waals surface area contributed by atoms with Gasteiger partial charge in [-0.25, -0.2) is 0 Å². The lowest BCUT2D eigenvalue weighted by atomic mass is 10.1. The van der Waals surface area contributed by atoms with Gasteiger partial charge in [0.15, 0.2) is 0 Å². The molecule has 1 heterocycles. The highest BCUT2D eigenvalue weighted by Crippen LogP contribution is 2.19. The number of hydrogen-bond acceptors (Lipinski definition) is 2. The highest BCUT2D eigenvalue weighted by atomic mass is 35.5. The van der Waals surface area contributed by atoms with Gasteiger partial charge in [-0.05, 0) is 25.2 Å². The number of aromatic nitrogens is 1. The van der Waals surface area contributed by atoms with E-state index in [1.807, 2.05) is 31.3 Å². The van der Waals surface area contributed by atoms with Crippen molar-refractivity contribution in [3.63, 3.8) is 0 Å². The molecule has 0 amide bonds. The van der Waals surface area contributed by atoms with Gasteiger partial charge >= 0.3 is 0 Å². The van der Waals surface area contributed by atoms with Crippen molar-refractivity contribution >= 4 is 22.5 Å². The first-order valence-corrected chi connectivity index (χ1v) is 5.37. The highest BCUT2D eigenvalue weighted by molar-refractivity contribution is 6.31. The molecule has 1 aromatic carbocycles. The lowest BCUT2D eigenvalue weighted by Gasteiger charge is -1.99. The Morgan fingerprint density at radius 2 is 2.25 bits per heavy atom. The quantitative estimate of drug-likeness (QED) is 0.762. The van der Waals surface area contributed by atoms with Crippen LogP contribution in [0.25, 0.3) is 10.9 Å². The fraction of sp³-hybridized carbons (Fsp3) is 0.154. The van der Waals surface area contributed by atoms with Crippen molar-refractivity contribution < 1.29 is 0 Å². The molecule has 1 aromatic heterocycles. The Morgan fingerprint density at radius 3 is 3.06 bits per heavy atom. The predicted octanol–water partition coefficient (Wildman–Crippen LogP) is 2.46. The summed E-state index contributed by atoms with van der Waals surface area (Å²) in [4.78, 5) is 4.26. The van der Waals surface area contributed by atoms with Gasteiger partial charge in [0.25, 0.3) is 0 Å². The number of nitrogens with one attached hydrogen (secondary N) is 1. The molecule has 0 saturated carbocycles. The summed E-state index contributed by atoms with van der Waals surface area (Å²) in [6.07, 6.45) is 1.75. The second-order valence-electron chi connectivity index (χ2n) is 3.35. The number of rotatable bonds is 1. The Bertz CT molecular complexity index is 567. The van der Waals surface area contributed by atoms with E-state index in [1.54, 1.807) is 6.20 Å². The van der Waals surface area contributed by atoms with Gasteiger partial charge in [-0.15, -0.1) is 0 Å². The SMILES string of the molecule is CNCC#Cc1ccnc2cc(Cl)ccc12. The molecule has 0 spiro atoms. The third-order valence-corrected chi connectivity index (χ3v) is 2.43. The summed E-state index contributed by atoms with van der Waals surface area (Å²) >= 11 is 5.91. The molecule has 0 radical (unpaired) electrons. The predicted molar refractivity (Wildman–Crippen MR) is 67.6 cm³/mol. The van der Waals surface area contributed by atoms with E-state index in [0.29, 0.717) is 11.6 Å². The molecule has 2 rings (SSSR count). The Labute approximate surface area is 99.6 Å². The second kappa shape index (κ2) is 4.98. The molecular weight excluding hydrogens is 220 g/mol. The molecule has 0 atom stereocenters. The van der Waals surface area contributed by atoms with Gasteiger partial charge < -0.3 is 5.32 Å². The summed E-state index contributed by atoms with van der Waals surface area (Å²) in [6, 6.07) is 7.57. The zero-order valence-electron chi connectivity index (χ0n) is 8.92. The molecule has 80 valence electrons. The molecule has 3 heteroatoms. The van der Waals surface area contributed by atoms with Crippen LogP contribution in [0, 0.1) is 11.8 Å². The average Bonchev–Trinajstić information content (AvgIpc) is 2.29. The minimum Gasteiger partial charge on any atom is -0.309 e. The van der Waals surface area contributed by atoms with Crippen LogP contribution in [0.2, 0.25) is 5.02 Å². The minimum atomic E-state index is 0.678. The average molecular weight is 231 g/mol. The van der Waals surface area contributed by atoms with Gasteiger partial charge in [-0.3, -0.25) is 4.98 Å². The Kier molecular flexibility index (Phi) is 3.40. The molecule has 1 N–H and O–H groups in total. The van der Waals surface area contributed by atoms with E-state index in [2.05, 4.69) is 22.1 Å². The van der Waals surface area contributed by atoms with E-state index in [9.17, 15) is 0 Å². The first-order valence-electron chi connectivity index (χ1n) is 4.99. The topological polar surface area (TPSA) is 24.9 Å². The lowest BCUT2D eigenvalue weighted by molar-refractivity contribution is 0.938. The molecule has 0 fully saturated rings. The molecule has 16 heavy (non-hydrogen) atoms. The minimum absolute atomic E-state index is 0.678. The molecule has 0 aliphatic carbocycles. The van der Waals surface area contributed by atoms with Crippen molar-refractivity contribution in [2.75, 3.05) is 13.6 Å². The number of nitrogens with zero attached hydrogens (tertiary/aromatic N) is 1. The van der Waals surface area contributed by atoms with Crippen molar-refractivity contribution in [1.82, 2.24) is 10.3 Å². The van der Waals surface area contributed by atoms with Crippen LogP contribution in [0.4, 0.5) is 0 Å². The van der Waals surface area contributed by atoms with Crippen LogP contribution in [0.15, 0.2) is 30.5 Å². The van der Waals surface area contributed by atoms with Crippen LogP contribution >= 0.6 is 11.6 Å². The van der Waals surface area contributed by atoms with Gasteiger partial charge in [0, 0.05) is 22.2 Å². The van der Waals surface area contributed by atoms with Gasteiger partial charge in [-0.1, -0.05) is 29.5 Å². The van der Waals surface area contributed by atoms with Gasteiger partial charge in [-0.2, -0.15) is 0 Å². The summed E-state index contributed by atoms with van der Waals surface area (Å²) in [5.41, 5.74) is 1.86. The first kappa shape index (κ1) is 10.9. The van der Waals surface area contributed by atoms with Crippen LogP contribution in [0.1, 0.15) is 5.56 Å². The van der Waals surface area contributed by atoms with Crippen LogP contribution in [0.3, 0.4) is 0 Å². The van der Waals surface area contributed by atoms with Crippen LogP contribution in [-0.4, -0.2) is 18.6 Å². The van der Waals surface area contributed by atoms with Crippen molar-refractivity contribution in [1.29, 1.82) is 0 Å². The summed E-state index contributed by atoms with van der Waals surface area (Å²) in [5.74, 6) is 6.15. The molecule has 0 saturated heterocycles. The smallest absolute Gasteiger partial charge is 0.0729 e. The van der Waals surface area contributed by atoms with Crippen LogP contribution < -0.4 is 5.32 Å². The third-order valence-electron chi connectivity index (χ3n) is 2.19. The summed E-state index contributed by atoms with van der Waals surface area (Å²) < 4.78 is 0. The van der Waals surface area contributed by atoms with Crippen molar-refractivity contribution in [3.8, 4) is 11.8 Å². The van der Waals surface area contributed by atoms with Crippen molar-refractivity contribution in [2.45, 2.75) is 0 Å². The van der Waals surface area contributed by atoms with E-state index in [4.69, 9.17) is 11.6 Å². The van der Waals surface area contributed by atoms with Crippen LogP contribution in [-0.2, 0) is 0 Å². The Morgan fingerprint density at radius 1 is 1.38 bits per heavy atom. The zero-order chi connectivity index (χ0) is 11.4. The highest BCUT2D eigenvalue weighted by Gasteiger charge is 1.99. The zero-order valence-corrected chi connectivity index (χ0v) is 9.67. The Balaban J connectivity index is 2.51. The second-order valence-corrected chi connectivity index (χ2v) is 3.79. The largest absolute Gasteiger partial charge is 0.309 e. The number of fused-ring (bicyclic) bond motifs is 1. The fourth-order valence-electron chi connectivity index (χ4n) is 1.46. The summed E-state index contributed by atoms with van der Waals surface area (Å²) in [7, 11) is 1.87. The maximum atomic E-state index is 5.91. The van der Waals surface area contributed by atoms with E-state index in [1.165, 1.54) is 0 Å². The molecular formula is C13H11ClN2. The third kappa shape index (κ3) is 2.33. The monoisotopic (exact) mass is 230 g/mol. The number of hydrogen-bond donors (Lipinski definition) is 1. The van der Waals surface area contributed by atoms with Crippen molar-refractivity contribution in [2.24, 2.45) is 0 Å². The normalized spacial score (nSPS) is 9.88. The maximum Gasteiger partial charge on any atom is 0.0729 e. The molecule has 2 nitrogen and oxygen atoms in total. The van der Waals surface area contributed by atoms with Crippen molar-refractivity contribution in [3.05, 3.63) is 41.0 Å². The fourth-order valence-corrected chi connectivity index (χ4v) is 1.62. The number of pyridine rings is 1. The summed E-state index contributed by atoms with van der Waals surface area (Å²) in [6.45, 7) is 0.678. The molecule has 0 bridgehead atoms. The molecule has 2 aromatic rings. The number of halogens is 1. The first-order chi connectivity index (χ1) is 7.81. The van der Waals surface area contributed by atoms with Crippen LogP contribution in [0.5, 0.6) is 0 Å². The van der Waals surface area contributed by atoms with E-state index in [0.717, 1.165) is 16.5 Å². The van der Waals surface area contributed by atoms with Gasteiger partial charge in [0.05, 0.1) is 12.1 Å². The summed E-state index contributed by atoms with van der Waals surface area (Å²) in [5, 5.41) is 4.72. The van der Waals surface area contributed by atoms with E-state index >= 15 is 0 Å². The molecule has 0 aliphatic rings. The number of benzene rings is 1. The van der Waals surface area contributed by atoms with E-state index < -0.39 is 0 Å². The Hall–Kier alpha value is -1.56. The standard InChI is InChI=1S/C13H11ClN2/c1-15-7-2-3-10-6-8-16-13-9-11(14)4-5-12(10)13/h4-6,8-9,15H,7H2,1H3. The van der Waals surface area contributed by atoms with Gasteiger partial charge in [0.2, 0.25) is 0 Å². The maximum absolute atomic E-state index is 5.91. The lowest BCUT2D eigenvalue weighted by Crippen LogP contribution is -2.04. The molecule has 0 unspecified atom stereocenters.